The van der Waals surface area contributed by atoms with Gasteiger partial charge >= 0.3 is 0 Å². The molecular weight excluding hydrogens is 290 g/mol. The summed E-state index contributed by atoms with van der Waals surface area (Å²) in [6, 6.07) is 13.6. The monoisotopic (exact) mass is 311 g/mol. The molecule has 0 amide bonds. The third kappa shape index (κ3) is 3.65. The third-order valence-corrected chi connectivity index (χ3v) is 3.94. The maximum Gasteiger partial charge on any atom is 0.159 e. The van der Waals surface area contributed by atoms with Crippen molar-refractivity contribution in [3.63, 3.8) is 0 Å². The highest BCUT2D eigenvalue weighted by Crippen LogP contribution is 2.32. The molecule has 2 aromatic carbocycles. The van der Waals surface area contributed by atoms with Gasteiger partial charge in [0.2, 0.25) is 0 Å². The van der Waals surface area contributed by atoms with E-state index in [-0.39, 0.29) is 5.78 Å². The first-order chi connectivity index (χ1) is 11.1. The Morgan fingerprint density at radius 2 is 2.13 bits per heavy atom. The number of fused-ring (bicyclic) bond motifs is 1. The van der Waals surface area contributed by atoms with Gasteiger partial charge in [-0.25, -0.2) is 0 Å². The summed E-state index contributed by atoms with van der Waals surface area (Å²) < 4.78 is 11.5. The molecule has 120 valence electrons. The number of hydrogen-bond acceptors (Lipinski definition) is 4. The van der Waals surface area contributed by atoms with Gasteiger partial charge in [-0.3, -0.25) is 4.79 Å². The molecule has 1 aliphatic rings. The van der Waals surface area contributed by atoms with E-state index in [1.54, 1.807) is 6.92 Å². The van der Waals surface area contributed by atoms with Crippen LogP contribution in [-0.2, 0) is 0 Å². The van der Waals surface area contributed by atoms with Crippen LogP contribution in [0.5, 0.6) is 11.5 Å². The quantitative estimate of drug-likeness (QED) is 0.793. The lowest BCUT2D eigenvalue weighted by Crippen LogP contribution is -2.36. The number of carbonyl (C=O) groups excluding carboxylic acids is 1. The van der Waals surface area contributed by atoms with E-state index in [2.05, 4.69) is 4.90 Å². The average Bonchev–Trinajstić information content (AvgIpc) is 2.54. The van der Waals surface area contributed by atoms with E-state index in [0.717, 1.165) is 30.3 Å². The van der Waals surface area contributed by atoms with Crippen LogP contribution in [0.15, 0.2) is 42.5 Å². The van der Waals surface area contributed by atoms with E-state index in [4.69, 9.17) is 9.47 Å². The second kappa shape index (κ2) is 6.73. The first-order valence-electron chi connectivity index (χ1n) is 7.86. The molecule has 0 aromatic heterocycles. The molecule has 0 aliphatic carbocycles. The van der Waals surface area contributed by atoms with Crippen LogP contribution in [0.1, 0.15) is 22.8 Å². The Hall–Kier alpha value is -2.49. The molecule has 0 unspecified atom stereocenters. The largest absolute Gasteiger partial charge is 0.492 e. The Morgan fingerprint density at radius 3 is 2.91 bits per heavy atom. The normalized spacial score (nSPS) is 13.2. The SMILES string of the molecule is CC(=O)c1ccc2c(c1)N(CCOc1cccc(C)c1)CCO2. The van der Waals surface area contributed by atoms with Crippen molar-refractivity contribution in [2.45, 2.75) is 13.8 Å². The van der Waals surface area contributed by atoms with Gasteiger partial charge in [0, 0.05) is 5.56 Å². The van der Waals surface area contributed by atoms with Crippen molar-refractivity contribution in [1.82, 2.24) is 0 Å². The first-order valence-corrected chi connectivity index (χ1v) is 7.86. The zero-order valence-electron chi connectivity index (χ0n) is 13.5. The Kier molecular flexibility index (Phi) is 4.51. The zero-order valence-corrected chi connectivity index (χ0v) is 13.5. The molecular formula is C19H21NO3. The number of carbonyl (C=O) groups is 1. The van der Waals surface area contributed by atoms with E-state index in [1.165, 1.54) is 5.56 Å². The summed E-state index contributed by atoms with van der Waals surface area (Å²) in [5, 5.41) is 0. The smallest absolute Gasteiger partial charge is 0.159 e. The van der Waals surface area contributed by atoms with Gasteiger partial charge in [-0.1, -0.05) is 12.1 Å². The molecule has 4 nitrogen and oxygen atoms in total. The fraction of sp³-hybridized carbons (Fsp3) is 0.316. The molecule has 1 aliphatic heterocycles. The van der Waals surface area contributed by atoms with Gasteiger partial charge in [-0.05, 0) is 49.7 Å². The second-order valence-electron chi connectivity index (χ2n) is 5.74. The molecule has 0 radical (unpaired) electrons. The highest BCUT2D eigenvalue weighted by molar-refractivity contribution is 5.95. The van der Waals surface area contributed by atoms with Gasteiger partial charge in [0.15, 0.2) is 5.78 Å². The van der Waals surface area contributed by atoms with Crippen LogP contribution in [0.3, 0.4) is 0 Å². The van der Waals surface area contributed by atoms with Gasteiger partial charge in [0.05, 0.1) is 18.8 Å². The maximum atomic E-state index is 11.6. The van der Waals surface area contributed by atoms with Crippen molar-refractivity contribution >= 4 is 11.5 Å². The van der Waals surface area contributed by atoms with Gasteiger partial charge in [-0.2, -0.15) is 0 Å². The van der Waals surface area contributed by atoms with Crippen LogP contribution in [0.4, 0.5) is 5.69 Å². The van der Waals surface area contributed by atoms with Crippen LogP contribution < -0.4 is 14.4 Å². The molecule has 0 N–H and O–H groups in total. The molecule has 4 heteroatoms. The summed E-state index contributed by atoms with van der Waals surface area (Å²) in [5.41, 5.74) is 2.86. The average molecular weight is 311 g/mol. The van der Waals surface area contributed by atoms with E-state index < -0.39 is 0 Å². The molecule has 0 fully saturated rings. The standard InChI is InChI=1S/C19H21NO3/c1-14-4-3-5-17(12-14)22-10-8-20-9-11-23-19-7-6-16(15(2)21)13-18(19)20/h3-7,12-13H,8-11H2,1-2H3. The van der Waals surface area contributed by atoms with Crippen molar-refractivity contribution in [1.29, 1.82) is 0 Å². The van der Waals surface area contributed by atoms with E-state index >= 15 is 0 Å². The summed E-state index contributed by atoms with van der Waals surface area (Å²) in [6.45, 7) is 6.42. The van der Waals surface area contributed by atoms with Gasteiger partial charge in [0.25, 0.3) is 0 Å². The van der Waals surface area contributed by atoms with E-state index in [9.17, 15) is 4.79 Å². The molecule has 3 rings (SSSR count). The topological polar surface area (TPSA) is 38.8 Å². The maximum absolute atomic E-state index is 11.6. The van der Waals surface area contributed by atoms with Crippen molar-refractivity contribution in [2.24, 2.45) is 0 Å². The number of nitrogens with zero attached hydrogens (tertiary/aromatic N) is 1. The highest BCUT2D eigenvalue weighted by atomic mass is 16.5. The van der Waals surface area contributed by atoms with Crippen molar-refractivity contribution in [2.75, 3.05) is 31.2 Å². The number of ether oxygens (including phenoxy) is 2. The fourth-order valence-corrected chi connectivity index (χ4v) is 2.70. The zero-order chi connectivity index (χ0) is 16.2. The van der Waals surface area contributed by atoms with Crippen molar-refractivity contribution in [3.05, 3.63) is 53.6 Å². The summed E-state index contributed by atoms with van der Waals surface area (Å²) in [4.78, 5) is 13.8. The predicted octanol–water partition coefficient (Wildman–Crippen LogP) is 3.48. The minimum atomic E-state index is 0.0642. The molecule has 2 aromatic rings. The lowest BCUT2D eigenvalue weighted by atomic mass is 10.1. The summed E-state index contributed by atoms with van der Waals surface area (Å²) in [7, 11) is 0. The molecule has 0 atom stereocenters. The van der Waals surface area contributed by atoms with Crippen LogP contribution in [0, 0.1) is 6.92 Å². The Balaban J connectivity index is 1.68. The van der Waals surface area contributed by atoms with Crippen LogP contribution in [0.2, 0.25) is 0 Å². The Bertz CT molecular complexity index is 712. The van der Waals surface area contributed by atoms with Crippen LogP contribution in [-0.4, -0.2) is 32.1 Å². The highest BCUT2D eigenvalue weighted by Gasteiger charge is 2.19. The minimum Gasteiger partial charge on any atom is -0.492 e. The number of benzene rings is 2. The number of ketones is 1. The van der Waals surface area contributed by atoms with Crippen molar-refractivity contribution in [3.8, 4) is 11.5 Å². The summed E-state index contributed by atoms with van der Waals surface area (Å²) in [6.07, 6.45) is 0. The number of rotatable bonds is 5. The first kappa shape index (κ1) is 15.4. The van der Waals surface area contributed by atoms with Crippen LogP contribution in [0.25, 0.3) is 0 Å². The Morgan fingerprint density at radius 1 is 1.26 bits per heavy atom. The molecule has 0 saturated carbocycles. The number of anilines is 1. The molecule has 1 heterocycles. The van der Waals surface area contributed by atoms with Gasteiger partial charge in [-0.15, -0.1) is 0 Å². The van der Waals surface area contributed by atoms with Crippen molar-refractivity contribution < 1.29 is 14.3 Å². The molecule has 23 heavy (non-hydrogen) atoms. The second-order valence-corrected chi connectivity index (χ2v) is 5.74. The number of hydrogen-bond donors (Lipinski definition) is 0. The lowest BCUT2D eigenvalue weighted by Gasteiger charge is -2.31. The van der Waals surface area contributed by atoms with E-state index in [0.29, 0.717) is 18.8 Å². The lowest BCUT2D eigenvalue weighted by molar-refractivity contribution is 0.101. The molecule has 0 bridgehead atoms. The van der Waals surface area contributed by atoms with E-state index in [1.807, 2.05) is 49.4 Å². The molecule has 0 saturated heterocycles. The minimum absolute atomic E-state index is 0.0642. The third-order valence-electron chi connectivity index (χ3n) is 3.94. The summed E-state index contributed by atoms with van der Waals surface area (Å²) in [5.74, 6) is 1.78. The molecule has 0 spiro atoms. The number of Topliss-reactive ketones (excluding diaryl/α,β-unsaturated/α-hetero) is 1. The van der Waals surface area contributed by atoms with Gasteiger partial charge < -0.3 is 14.4 Å². The summed E-state index contributed by atoms with van der Waals surface area (Å²) >= 11 is 0. The van der Waals surface area contributed by atoms with Crippen LogP contribution >= 0.6 is 0 Å². The number of aryl methyl sites for hydroxylation is 1. The Labute approximate surface area is 136 Å². The predicted molar refractivity (Wildman–Crippen MR) is 90.8 cm³/mol. The van der Waals surface area contributed by atoms with Gasteiger partial charge in [0.1, 0.15) is 24.7 Å². The fourth-order valence-electron chi connectivity index (χ4n) is 2.70.